The van der Waals surface area contributed by atoms with Crippen molar-refractivity contribution in [3.63, 3.8) is 0 Å². The summed E-state index contributed by atoms with van der Waals surface area (Å²) in [6, 6.07) is 8.30. The van der Waals surface area contributed by atoms with Crippen LogP contribution in [-0.2, 0) is 6.42 Å². The van der Waals surface area contributed by atoms with Gasteiger partial charge in [-0.3, -0.25) is 0 Å². The molecule has 1 aliphatic carbocycles. The molecular formula is C19H27NO. The SMILES string of the molecule is NCCCc1cccc(C#CC2(O)CCCCCCC2)c1. The van der Waals surface area contributed by atoms with Crippen LogP contribution in [0, 0.1) is 11.8 Å². The maximum atomic E-state index is 10.7. The Hall–Kier alpha value is -1.30. The van der Waals surface area contributed by atoms with Crippen molar-refractivity contribution in [2.75, 3.05) is 6.54 Å². The molecule has 114 valence electrons. The van der Waals surface area contributed by atoms with Crippen molar-refractivity contribution in [3.05, 3.63) is 35.4 Å². The highest BCUT2D eigenvalue weighted by Crippen LogP contribution is 2.25. The molecule has 1 saturated carbocycles. The van der Waals surface area contributed by atoms with Crippen LogP contribution < -0.4 is 5.73 Å². The minimum Gasteiger partial charge on any atom is -0.378 e. The largest absolute Gasteiger partial charge is 0.378 e. The first kappa shape index (κ1) is 16.1. The van der Waals surface area contributed by atoms with Crippen molar-refractivity contribution in [3.8, 4) is 11.8 Å². The van der Waals surface area contributed by atoms with Crippen molar-refractivity contribution in [1.82, 2.24) is 0 Å². The maximum absolute atomic E-state index is 10.7. The lowest BCUT2D eigenvalue weighted by Crippen LogP contribution is -2.27. The van der Waals surface area contributed by atoms with E-state index in [2.05, 4.69) is 24.0 Å². The molecule has 0 saturated heterocycles. The molecule has 2 heteroatoms. The molecule has 2 rings (SSSR count). The van der Waals surface area contributed by atoms with Gasteiger partial charge in [-0.2, -0.15) is 0 Å². The minimum atomic E-state index is -0.784. The van der Waals surface area contributed by atoms with Crippen molar-refractivity contribution >= 4 is 0 Å². The second-order valence-corrected chi connectivity index (χ2v) is 6.14. The normalized spacial score (nSPS) is 18.2. The second-order valence-electron chi connectivity index (χ2n) is 6.14. The Labute approximate surface area is 128 Å². The molecule has 1 aromatic carbocycles. The highest BCUT2D eigenvalue weighted by molar-refractivity contribution is 5.39. The van der Waals surface area contributed by atoms with E-state index < -0.39 is 5.60 Å². The summed E-state index contributed by atoms with van der Waals surface area (Å²) in [5.41, 5.74) is 7.05. The van der Waals surface area contributed by atoms with E-state index in [4.69, 9.17) is 5.73 Å². The van der Waals surface area contributed by atoms with Gasteiger partial charge in [-0.25, -0.2) is 0 Å². The maximum Gasteiger partial charge on any atom is 0.125 e. The van der Waals surface area contributed by atoms with Gasteiger partial charge in [-0.05, 0) is 62.8 Å². The first-order chi connectivity index (χ1) is 10.2. The van der Waals surface area contributed by atoms with E-state index in [1.165, 1.54) is 24.8 Å². The zero-order chi connectivity index (χ0) is 15.0. The van der Waals surface area contributed by atoms with Crippen LogP contribution in [0.5, 0.6) is 0 Å². The van der Waals surface area contributed by atoms with Crippen LogP contribution in [0.15, 0.2) is 24.3 Å². The zero-order valence-corrected chi connectivity index (χ0v) is 12.9. The monoisotopic (exact) mass is 285 g/mol. The fourth-order valence-corrected chi connectivity index (χ4v) is 2.91. The van der Waals surface area contributed by atoms with Gasteiger partial charge in [0.15, 0.2) is 0 Å². The fraction of sp³-hybridized carbons (Fsp3) is 0.579. The van der Waals surface area contributed by atoms with Gasteiger partial charge < -0.3 is 10.8 Å². The molecular weight excluding hydrogens is 258 g/mol. The summed E-state index contributed by atoms with van der Waals surface area (Å²) < 4.78 is 0. The van der Waals surface area contributed by atoms with Gasteiger partial charge in [-0.1, -0.05) is 43.2 Å². The molecule has 0 spiro atoms. The van der Waals surface area contributed by atoms with Gasteiger partial charge in [0.1, 0.15) is 5.60 Å². The standard InChI is InChI=1S/C19H27NO/c20-15-7-10-17-8-6-9-18(16-17)11-14-19(21)12-4-2-1-3-5-13-19/h6,8-9,16,21H,1-5,7,10,12-13,15,20H2. The predicted molar refractivity (Wildman–Crippen MR) is 88.0 cm³/mol. The lowest BCUT2D eigenvalue weighted by Gasteiger charge is -2.24. The lowest BCUT2D eigenvalue weighted by atomic mass is 9.87. The average Bonchev–Trinajstić information content (AvgIpc) is 2.48. The van der Waals surface area contributed by atoms with Crippen molar-refractivity contribution in [2.24, 2.45) is 5.73 Å². The van der Waals surface area contributed by atoms with Crippen LogP contribution in [0.3, 0.4) is 0 Å². The Morgan fingerprint density at radius 2 is 1.81 bits per heavy atom. The quantitative estimate of drug-likeness (QED) is 0.836. The molecule has 2 nitrogen and oxygen atoms in total. The van der Waals surface area contributed by atoms with Gasteiger partial charge in [0.05, 0.1) is 0 Å². The smallest absolute Gasteiger partial charge is 0.125 e. The Bertz CT molecular complexity index is 490. The Morgan fingerprint density at radius 1 is 1.10 bits per heavy atom. The van der Waals surface area contributed by atoms with Crippen LogP contribution in [0.2, 0.25) is 0 Å². The van der Waals surface area contributed by atoms with E-state index in [1.54, 1.807) is 0 Å². The van der Waals surface area contributed by atoms with Crippen LogP contribution in [0.1, 0.15) is 62.5 Å². The molecule has 3 N–H and O–H groups in total. The molecule has 0 unspecified atom stereocenters. The molecule has 0 radical (unpaired) electrons. The number of nitrogens with two attached hydrogens (primary N) is 1. The van der Waals surface area contributed by atoms with E-state index >= 15 is 0 Å². The third kappa shape index (κ3) is 5.53. The third-order valence-corrected chi connectivity index (χ3v) is 4.22. The van der Waals surface area contributed by atoms with E-state index in [1.807, 2.05) is 12.1 Å². The lowest BCUT2D eigenvalue weighted by molar-refractivity contribution is 0.0718. The molecule has 1 aromatic rings. The van der Waals surface area contributed by atoms with E-state index in [0.29, 0.717) is 0 Å². The third-order valence-electron chi connectivity index (χ3n) is 4.22. The van der Waals surface area contributed by atoms with Gasteiger partial charge in [0, 0.05) is 5.56 Å². The first-order valence-corrected chi connectivity index (χ1v) is 8.26. The molecule has 0 amide bonds. The molecule has 0 heterocycles. The second kappa shape index (κ2) is 8.22. The number of aliphatic hydroxyl groups is 1. The van der Waals surface area contributed by atoms with Crippen molar-refractivity contribution < 1.29 is 5.11 Å². The molecule has 1 fully saturated rings. The van der Waals surface area contributed by atoms with Gasteiger partial charge >= 0.3 is 0 Å². The van der Waals surface area contributed by atoms with E-state index in [9.17, 15) is 5.11 Å². The summed E-state index contributed by atoms with van der Waals surface area (Å²) in [5.74, 6) is 6.33. The molecule has 0 aliphatic heterocycles. The van der Waals surface area contributed by atoms with Crippen LogP contribution >= 0.6 is 0 Å². The molecule has 1 aliphatic rings. The number of aryl methyl sites for hydroxylation is 1. The zero-order valence-electron chi connectivity index (χ0n) is 12.9. The van der Waals surface area contributed by atoms with Gasteiger partial charge in [0.2, 0.25) is 0 Å². The van der Waals surface area contributed by atoms with E-state index in [0.717, 1.165) is 50.6 Å². The summed E-state index contributed by atoms with van der Waals surface area (Å²) in [4.78, 5) is 0. The molecule has 0 atom stereocenters. The first-order valence-electron chi connectivity index (χ1n) is 8.26. The number of benzene rings is 1. The van der Waals surface area contributed by atoms with E-state index in [-0.39, 0.29) is 0 Å². The van der Waals surface area contributed by atoms with Crippen LogP contribution in [-0.4, -0.2) is 17.3 Å². The summed E-state index contributed by atoms with van der Waals surface area (Å²) in [7, 11) is 0. The predicted octanol–water partition coefficient (Wildman–Crippen LogP) is 3.40. The fourth-order valence-electron chi connectivity index (χ4n) is 2.91. The van der Waals surface area contributed by atoms with Crippen molar-refractivity contribution in [1.29, 1.82) is 0 Å². The summed E-state index contributed by atoms with van der Waals surface area (Å²) in [6.07, 6.45) is 9.53. The summed E-state index contributed by atoms with van der Waals surface area (Å²) in [5, 5.41) is 10.7. The summed E-state index contributed by atoms with van der Waals surface area (Å²) >= 11 is 0. The highest BCUT2D eigenvalue weighted by Gasteiger charge is 2.24. The van der Waals surface area contributed by atoms with Crippen LogP contribution in [0.25, 0.3) is 0 Å². The molecule has 0 bridgehead atoms. The topological polar surface area (TPSA) is 46.2 Å². The number of hydrogen-bond acceptors (Lipinski definition) is 2. The van der Waals surface area contributed by atoms with Crippen LogP contribution in [0.4, 0.5) is 0 Å². The number of hydrogen-bond donors (Lipinski definition) is 2. The Kier molecular flexibility index (Phi) is 6.29. The minimum absolute atomic E-state index is 0.718. The van der Waals surface area contributed by atoms with Crippen molar-refractivity contribution in [2.45, 2.75) is 63.4 Å². The highest BCUT2D eigenvalue weighted by atomic mass is 16.3. The van der Waals surface area contributed by atoms with Gasteiger partial charge in [0.25, 0.3) is 0 Å². The Balaban J connectivity index is 2.05. The Morgan fingerprint density at radius 3 is 2.52 bits per heavy atom. The molecule has 0 aromatic heterocycles. The average molecular weight is 285 g/mol. The molecule has 21 heavy (non-hydrogen) atoms. The number of rotatable bonds is 3. The van der Waals surface area contributed by atoms with Gasteiger partial charge in [-0.15, -0.1) is 0 Å². The summed E-state index contributed by atoms with van der Waals surface area (Å²) in [6.45, 7) is 0.718.